The van der Waals surface area contributed by atoms with Crippen LogP contribution in [0.4, 0.5) is 34.1 Å². The highest BCUT2D eigenvalue weighted by Crippen LogP contribution is 2.43. The molecule has 0 amide bonds. The van der Waals surface area contributed by atoms with Crippen LogP contribution in [0, 0.1) is 0 Å². The van der Waals surface area contributed by atoms with Crippen molar-refractivity contribution >= 4 is 88.6 Å². The Morgan fingerprint density at radius 2 is 0.806 bits per heavy atom. The number of nitrogens with zero attached hydrogens (tertiary/aromatic N) is 3. The number of hydrogen-bond donors (Lipinski definition) is 0. The van der Waals surface area contributed by atoms with Crippen LogP contribution in [0.25, 0.3) is 71.3 Å². The van der Waals surface area contributed by atoms with Crippen molar-refractivity contribution < 1.29 is 4.42 Å². The lowest BCUT2D eigenvalue weighted by Gasteiger charge is -2.28. The maximum Gasteiger partial charge on any atom is 0.136 e. The highest BCUT2D eigenvalue weighted by atomic mass is 16.3. The van der Waals surface area contributed by atoms with Crippen molar-refractivity contribution in [3.8, 4) is 16.8 Å². The predicted molar refractivity (Wildman–Crippen MR) is 260 cm³/mol. The number of furan rings is 1. The second-order valence-electron chi connectivity index (χ2n) is 15.8. The van der Waals surface area contributed by atoms with Crippen LogP contribution in [0.15, 0.2) is 241 Å². The van der Waals surface area contributed by atoms with Crippen LogP contribution in [0.5, 0.6) is 0 Å². The van der Waals surface area contributed by atoms with Gasteiger partial charge in [-0.2, -0.15) is 0 Å². The third-order valence-corrected chi connectivity index (χ3v) is 12.1. The van der Waals surface area contributed by atoms with E-state index in [9.17, 15) is 0 Å². The van der Waals surface area contributed by atoms with E-state index in [4.69, 9.17) is 4.42 Å². The van der Waals surface area contributed by atoms with Gasteiger partial charge in [-0.15, -0.1) is 0 Å². The van der Waals surface area contributed by atoms with Gasteiger partial charge in [-0.3, -0.25) is 0 Å². The zero-order valence-electron chi connectivity index (χ0n) is 33.8. The van der Waals surface area contributed by atoms with Crippen molar-refractivity contribution in [1.29, 1.82) is 0 Å². The molecule has 0 saturated carbocycles. The second-order valence-corrected chi connectivity index (χ2v) is 15.8. The van der Waals surface area contributed by atoms with E-state index in [1.54, 1.807) is 0 Å². The van der Waals surface area contributed by atoms with Crippen molar-refractivity contribution in [2.75, 3.05) is 9.80 Å². The van der Waals surface area contributed by atoms with Gasteiger partial charge in [0, 0.05) is 61.4 Å². The fraction of sp³-hybridized carbons (Fsp3) is 0. The van der Waals surface area contributed by atoms with Gasteiger partial charge in [-0.25, -0.2) is 0 Å². The van der Waals surface area contributed by atoms with Crippen molar-refractivity contribution in [2.45, 2.75) is 0 Å². The van der Waals surface area contributed by atoms with Gasteiger partial charge < -0.3 is 18.8 Å². The number of para-hydroxylation sites is 4. The van der Waals surface area contributed by atoms with Gasteiger partial charge in [0.2, 0.25) is 0 Å². The molecule has 12 aromatic rings. The normalized spacial score (nSPS) is 11.5. The van der Waals surface area contributed by atoms with Gasteiger partial charge in [0.25, 0.3) is 0 Å². The van der Waals surface area contributed by atoms with Gasteiger partial charge >= 0.3 is 0 Å². The summed E-state index contributed by atoms with van der Waals surface area (Å²) in [5.74, 6) is 0. The number of hydrogen-bond acceptors (Lipinski definition) is 3. The average molecular weight is 794 g/mol. The number of benzene rings is 10. The van der Waals surface area contributed by atoms with Gasteiger partial charge in [-0.1, -0.05) is 121 Å². The lowest BCUT2D eigenvalue weighted by molar-refractivity contribution is 0.669. The summed E-state index contributed by atoms with van der Waals surface area (Å²) in [5.41, 5.74) is 14.0. The third-order valence-electron chi connectivity index (χ3n) is 12.1. The fourth-order valence-electron chi connectivity index (χ4n) is 9.22. The molecule has 0 radical (unpaired) electrons. The number of rotatable bonds is 8. The van der Waals surface area contributed by atoms with Crippen LogP contribution in [0.3, 0.4) is 0 Å². The number of anilines is 6. The van der Waals surface area contributed by atoms with Crippen LogP contribution in [-0.2, 0) is 0 Å². The van der Waals surface area contributed by atoms with E-state index in [0.29, 0.717) is 0 Å². The van der Waals surface area contributed by atoms with Crippen molar-refractivity contribution in [3.63, 3.8) is 0 Å². The summed E-state index contributed by atoms with van der Waals surface area (Å²) in [6.07, 6.45) is 0. The summed E-state index contributed by atoms with van der Waals surface area (Å²) in [6.45, 7) is 0. The van der Waals surface area contributed by atoms with Gasteiger partial charge in [-0.05, 0) is 137 Å². The van der Waals surface area contributed by atoms with Crippen LogP contribution in [0.2, 0.25) is 0 Å². The zero-order valence-corrected chi connectivity index (χ0v) is 33.8. The Morgan fingerprint density at radius 3 is 1.52 bits per heavy atom. The summed E-state index contributed by atoms with van der Waals surface area (Å²) in [5, 5.41) is 7.10. The predicted octanol–water partition coefficient (Wildman–Crippen LogP) is 16.4. The molecule has 0 fully saturated rings. The molecule has 292 valence electrons. The monoisotopic (exact) mass is 793 g/mol. The van der Waals surface area contributed by atoms with Crippen molar-refractivity contribution in [1.82, 2.24) is 4.57 Å². The first-order valence-electron chi connectivity index (χ1n) is 21.1. The molecule has 0 unspecified atom stereocenters. The van der Waals surface area contributed by atoms with Crippen molar-refractivity contribution in [2.24, 2.45) is 0 Å². The molecule has 0 aliphatic rings. The molecule has 0 aliphatic carbocycles. The summed E-state index contributed by atoms with van der Waals surface area (Å²) in [4.78, 5) is 4.69. The smallest absolute Gasteiger partial charge is 0.136 e. The van der Waals surface area contributed by atoms with E-state index in [1.165, 1.54) is 27.1 Å². The Morgan fingerprint density at radius 1 is 0.290 bits per heavy atom. The molecule has 4 nitrogen and oxygen atoms in total. The molecule has 0 atom stereocenters. The Bertz CT molecular complexity index is 3570. The molecule has 2 aromatic heterocycles. The zero-order chi connectivity index (χ0) is 41.0. The molecule has 0 saturated heterocycles. The minimum atomic E-state index is 0.893. The molecule has 4 heteroatoms. The minimum absolute atomic E-state index is 0.893. The maximum absolute atomic E-state index is 6.35. The maximum atomic E-state index is 6.35. The van der Waals surface area contributed by atoms with Crippen molar-refractivity contribution in [3.05, 3.63) is 237 Å². The minimum Gasteiger partial charge on any atom is -0.456 e. The fourth-order valence-corrected chi connectivity index (χ4v) is 9.22. The molecule has 0 aliphatic heterocycles. The molecular formula is C58H39N3O. The molecule has 10 aromatic carbocycles. The van der Waals surface area contributed by atoms with E-state index in [2.05, 4.69) is 251 Å². The SMILES string of the molecule is c1ccc(N(c2ccc(N(c3ccccc3)c3ccc4c5ccccc5n(-c5ccccc5)c4c3)cc2)c2cccc(-c3ccc4oc5cc6ccccc6cc5c4c3)c2)cc1. The Hall–Kier alpha value is -8.34. The summed E-state index contributed by atoms with van der Waals surface area (Å²) in [6, 6.07) is 84.6. The quantitative estimate of drug-likeness (QED) is 0.153. The van der Waals surface area contributed by atoms with Crippen LogP contribution in [0.1, 0.15) is 0 Å². The molecule has 2 heterocycles. The third kappa shape index (κ3) is 6.08. The van der Waals surface area contributed by atoms with E-state index in [1.807, 2.05) is 0 Å². The highest BCUT2D eigenvalue weighted by Gasteiger charge is 2.19. The lowest BCUT2D eigenvalue weighted by Crippen LogP contribution is -2.12. The molecule has 12 rings (SSSR count). The van der Waals surface area contributed by atoms with E-state index in [0.717, 1.165) is 78.4 Å². The number of aromatic nitrogens is 1. The summed E-state index contributed by atoms with van der Waals surface area (Å²) < 4.78 is 8.73. The first-order valence-corrected chi connectivity index (χ1v) is 21.1. The topological polar surface area (TPSA) is 24.6 Å². The molecule has 0 bridgehead atoms. The van der Waals surface area contributed by atoms with Crippen LogP contribution >= 0.6 is 0 Å². The first-order chi connectivity index (χ1) is 30.7. The molecular weight excluding hydrogens is 755 g/mol. The molecule has 0 spiro atoms. The molecule has 0 N–H and O–H groups in total. The highest BCUT2D eigenvalue weighted by molar-refractivity contribution is 6.12. The Labute approximate surface area is 359 Å². The van der Waals surface area contributed by atoms with Gasteiger partial charge in [0.1, 0.15) is 11.2 Å². The molecule has 62 heavy (non-hydrogen) atoms. The summed E-state index contributed by atoms with van der Waals surface area (Å²) >= 11 is 0. The lowest BCUT2D eigenvalue weighted by atomic mass is 10.0. The van der Waals surface area contributed by atoms with Gasteiger partial charge in [0.05, 0.1) is 11.0 Å². The first kappa shape index (κ1) is 35.6. The van der Waals surface area contributed by atoms with E-state index < -0.39 is 0 Å². The van der Waals surface area contributed by atoms with E-state index >= 15 is 0 Å². The average Bonchev–Trinajstić information content (AvgIpc) is 3.87. The standard InChI is InChI=1S/C58H39N3O/c1-4-18-44(19-5-1)59(49-24-14-17-40(35-49)43-27-34-57-53(37-43)54-36-41-15-10-11-16-42(41)38-58(54)62-57)47-28-30-48(31-29-47)60(45-20-6-2-7-21-45)50-32-33-52-51-25-12-13-26-55(51)61(56(52)39-50)46-22-8-3-9-23-46/h1-39H. The largest absolute Gasteiger partial charge is 0.456 e. The van der Waals surface area contributed by atoms with Gasteiger partial charge in [0.15, 0.2) is 0 Å². The summed E-state index contributed by atoms with van der Waals surface area (Å²) in [7, 11) is 0. The number of fused-ring (bicyclic) bond motifs is 7. The van der Waals surface area contributed by atoms with Crippen LogP contribution < -0.4 is 9.80 Å². The Balaban J connectivity index is 0.951. The van der Waals surface area contributed by atoms with E-state index in [-0.39, 0.29) is 0 Å². The second kappa shape index (κ2) is 14.7. The van der Waals surface area contributed by atoms with Crippen LogP contribution in [-0.4, -0.2) is 4.57 Å². The Kier molecular flexibility index (Phi) is 8.46.